The second kappa shape index (κ2) is 6.08. The fourth-order valence-corrected chi connectivity index (χ4v) is 2.88. The summed E-state index contributed by atoms with van der Waals surface area (Å²) in [5, 5.41) is 6.89. The normalized spacial score (nSPS) is 15.0. The van der Waals surface area contributed by atoms with E-state index in [9.17, 15) is 9.59 Å². The third-order valence-corrected chi connectivity index (χ3v) is 4.50. The second-order valence-corrected chi connectivity index (χ2v) is 6.23. The highest BCUT2D eigenvalue weighted by molar-refractivity contribution is 5.75. The molecule has 25 heavy (non-hydrogen) atoms. The second-order valence-electron chi connectivity index (χ2n) is 6.23. The minimum atomic E-state index is -0.689. The molecule has 1 fully saturated rings. The Bertz CT molecular complexity index is 921. The average molecular weight is 339 g/mol. The predicted molar refractivity (Wildman–Crippen MR) is 88.8 cm³/mol. The maximum absolute atomic E-state index is 12.2. The number of amides is 1. The van der Waals surface area contributed by atoms with Crippen molar-refractivity contribution in [3.8, 4) is 11.7 Å². The summed E-state index contributed by atoms with van der Waals surface area (Å²) in [6, 6.07) is 13.4. The number of nitrogens with zero attached hydrogens (tertiary/aromatic N) is 2. The van der Waals surface area contributed by atoms with Crippen molar-refractivity contribution in [2.45, 2.75) is 24.8 Å². The highest BCUT2D eigenvalue weighted by Crippen LogP contribution is 2.47. The van der Waals surface area contributed by atoms with Crippen LogP contribution in [0.15, 0.2) is 62.4 Å². The first-order chi connectivity index (χ1) is 12.2. The van der Waals surface area contributed by atoms with E-state index in [0.717, 1.165) is 17.5 Å². The molecule has 0 aliphatic heterocycles. The maximum atomic E-state index is 12.2. The summed E-state index contributed by atoms with van der Waals surface area (Å²) in [5.41, 5.74) is 1.25. The Labute approximate surface area is 143 Å². The molecule has 128 valence electrons. The molecule has 7 heteroatoms. The van der Waals surface area contributed by atoms with Gasteiger partial charge in [0.05, 0.1) is 6.26 Å². The van der Waals surface area contributed by atoms with Gasteiger partial charge in [-0.1, -0.05) is 30.3 Å². The Morgan fingerprint density at radius 1 is 1.20 bits per heavy atom. The molecule has 0 atom stereocenters. The van der Waals surface area contributed by atoms with Crippen LogP contribution in [-0.4, -0.2) is 22.2 Å². The third-order valence-electron chi connectivity index (χ3n) is 4.50. The number of carbonyl (C=O) groups excluding carboxylic acids is 1. The summed E-state index contributed by atoms with van der Waals surface area (Å²) < 4.78 is 11.1. The van der Waals surface area contributed by atoms with Gasteiger partial charge >= 0.3 is 5.76 Å². The third kappa shape index (κ3) is 3.13. The van der Waals surface area contributed by atoms with Crippen LogP contribution in [0.3, 0.4) is 0 Å². The van der Waals surface area contributed by atoms with E-state index in [-0.39, 0.29) is 23.8 Å². The molecule has 1 aromatic carbocycles. The highest BCUT2D eigenvalue weighted by Gasteiger charge is 2.44. The Balaban J connectivity index is 1.39. The first kappa shape index (κ1) is 15.4. The summed E-state index contributed by atoms with van der Waals surface area (Å²) in [5.74, 6) is -0.558. The summed E-state index contributed by atoms with van der Waals surface area (Å²) >= 11 is 0. The van der Waals surface area contributed by atoms with Gasteiger partial charge in [-0.05, 0) is 30.5 Å². The standard InChI is InChI=1S/C18H17N3O4/c22-15(19-12-18(8-9-18)13-5-2-1-3-6-13)11-21-17(23)25-16(20-21)14-7-4-10-24-14/h1-7,10H,8-9,11-12H2,(H,19,22). The SMILES string of the molecule is O=C(Cn1nc(-c2ccco2)oc1=O)NCC1(c2ccccc2)CC1. The van der Waals surface area contributed by atoms with E-state index in [4.69, 9.17) is 8.83 Å². The largest absolute Gasteiger partial charge is 0.459 e. The fraction of sp³-hybridized carbons (Fsp3) is 0.278. The zero-order chi connectivity index (χ0) is 17.3. The lowest BCUT2D eigenvalue weighted by atomic mass is 9.96. The topological polar surface area (TPSA) is 90.3 Å². The lowest BCUT2D eigenvalue weighted by molar-refractivity contribution is -0.122. The number of hydrogen-bond donors (Lipinski definition) is 1. The van der Waals surface area contributed by atoms with Gasteiger partial charge < -0.3 is 14.2 Å². The van der Waals surface area contributed by atoms with Crippen LogP contribution < -0.4 is 11.1 Å². The number of furan rings is 1. The highest BCUT2D eigenvalue weighted by atomic mass is 16.4. The molecule has 0 bridgehead atoms. The Hall–Kier alpha value is -3.09. The van der Waals surface area contributed by atoms with Gasteiger partial charge in [-0.3, -0.25) is 4.79 Å². The van der Waals surface area contributed by atoms with E-state index in [2.05, 4.69) is 22.5 Å². The van der Waals surface area contributed by atoms with E-state index < -0.39 is 5.76 Å². The summed E-state index contributed by atoms with van der Waals surface area (Å²) in [7, 11) is 0. The monoisotopic (exact) mass is 339 g/mol. The minimum Gasteiger partial charge on any atom is -0.459 e. The van der Waals surface area contributed by atoms with Crippen molar-refractivity contribution in [1.29, 1.82) is 0 Å². The molecule has 2 heterocycles. The smallest absolute Gasteiger partial charge is 0.437 e. The van der Waals surface area contributed by atoms with Crippen LogP contribution in [0.5, 0.6) is 0 Å². The number of hydrogen-bond acceptors (Lipinski definition) is 5. The van der Waals surface area contributed by atoms with Gasteiger partial charge in [-0.2, -0.15) is 4.68 Å². The molecule has 0 unspecified atom stereocenters. The molecule has 2 aromatic heterocycles. The number of rotatable bonds is 6. The van der Waals surface area contributed by atoms with Gasteiger partial charge in [0.25, 0.3) is 5.89 Å². The van der Waals surface area contributed by atoms with E-state index in [0.29, 0.717) is 12.3 Å². The first-order valence-corrected chi connectivity index (χ1v) is 8.10. The molecule has 3 aromatic rings. The van der Waals surface area contributed by atoms with Crippen molar-refractivity contribution in [3.63, 3.8) is 0 Å². The number of nitrogens with one attached hydrogen (secondary N) is 1. The van der Waals surface area contributed by atoms with Gasteiger partial charge in [0.15, 0.2) is 5.76 Å². The van der Waals surface area contributed by atoms with Crippen LogP contribution in [0.25, 0.3) is 11.7 Å². The number of aromatic nitrogens is 2. The first-order valence-electron chi connectivity index (χ1n) is 8.10. The van der Waals surface area contributed by atoms with Crippen LogP contribution in [-0.2, 0) is 16.8 Å². The Morgan fingerprint density at radius 3 is 2.68 bits per heavy atom. The van der Waals surface area contributed by atoms with Crippen LogP contribution in [0.4, 0.5) is 0 Å². The molecule has 0 saturated heterocycles. The summed E-state index contributed by atoms with van der Waals surface area (Å²) in [4.78, 5) is 24.0. The van der Waals surface area contributed by atoms with Crippen molar-refractivity contribution in [3.05, 3.63) is 64.8 Å². The maximum Gasteiger partial charge on any atom is 0.437 e. The quantitative estimate of drug-likeness (QED) is 0.741. The van der Waals surface area contributed by atoms with Gasteiger partial charge in [-0.25, -0.2) is 4.79 Å². The van der Waals surface area contributed by atoms with Crippen LogP contribution >= 0.6 is 0 Å². The number of carbonyl (C=O) groups is 1. The molecule has 1 aliphatic carbocycles. The van der Waals surface area contributed by atoms with E-state index in [1.54, 1.807) is 12.1 Å². The van der Waals surface area contributed by atoms with Crippen molar-refractivity contribution in [2.75, 3.05) is 6.54 Å². The fourth-order valence-electron chi connectivity index (χ4n) is 2.88. The molecule has 1 N–H and O–H groups in total. The number of benzene rings is 1. The van der Waals surface area contributed by atoms with Crippen LogP contribution in [0, 0.1) is 0 Å². The van der Waals surface area contributed by atoms with Crippen molar-refractivity contribution >= 4 is 5.91 Å². The van der Waals surface area contributed by atoms with Gasteiger partial charge in [-0.15, -0.1) is 5.10 Å². The van der Waals surface area contributed by atoms with E-state index in [1.807, 2.05) is 18.2 Å². The molecule has 1 saturated carbocycles. The van der Waals surface area contributed by atoms with Crippen LogP contribution in [0.1, 0.15) is 18.4 Å². The lowest BCUT2D eigenvalue weighted by Gasteiger charge is -2.16. The van der Waals surface area contributed by atoms with Gasteiger partial charge in [0.1, 0.15) is 6.54 Å². The Morgan fingerprint density at radius 2 is 2.00 bits per heavy atom. The lowest BCUT2D eigenvalue weighted by Crippen LogP contribution is -2.36. The van der Waals surface area contributed by atoms with Gasteiger partial charge in [0.2, 0.25) is 5.91 Å². The molecule has 1 amide bonds. The molecule has 4 rings (SSSR count). The van der Waals surface area contributed by atoms with Crippen molar-refractivity contribution in [2.24, 2.45) is 0 Å². The molecular formula is C18H17N3O4. The molecule has 1 aliphatic rings. The Kier molecular flexibility index (Phi) is 3.76. The zero-order valence-electron chi connectivity index (χ0n) is 13.5. The zero-order valence-corrected chi connectivity index (χ0v) is 13.5. The average Bonchev–Trinajstić information content (AvgIpc) is 3.05. The predicted octanol–water partition coefficient (Wildman–Crippen LogP) is 1.94. The molecule has 0 radical (unpaired) electrons. The van der Waals surface area contributed by atoms with Crippen molar-refractivity contribution in [1.82, 2.24) is 15.1 Å². The van der Waals surface area contributed by atoms with Crippen LogP contribution in [0.2, 0.25) is 0 Å². The molecule has 0 spiro atoms. The molecule has 7 nitrogen and oxygen atoms in total. The van der Waals surface area contributed by atoms with E-state index >= 15 is 0 Å². The van der Waals surface area contributed by atoms with Gasteiger partial charge in [0, 0.05) is 12.0 Å². The van der Waals surface area contributed by atoms with Crippen molar-refractivity contribution < 1.29 is 13.6 Å². The summed E-state index contributed by atoms with van der Waals surface area (Å²) in [6.45, 7) is 0.363. The molecular weight excluding hydrogens is 322 g/mol. The van der Waals surface area contributed by atoms with E-state index in [1.165, 1.54) is 11.8 Å². The summed E-state index contributed by atoms with van der Waals surface area (Å²) in [6.07, 6.45) is 3.55. The minimum absolute atomic E-state index is 0.0189.